The van der Waals surface area contributed by atoms with Gasteiger partial charge in [-0.15, -0.1) is 0 Å². The summed E-state index contributed by atoms with van der Waals surface area (Å²) in [6.07, 6.45) is 4.70. The molecular formula is C20H21N5O2. The molecule has 7 heteroatoms. The van der Waals surface area contributed by atoms with Crippen LogP contribution in [0.4, 0.5) is 5.82 Å². The minimum Gasteiger partial charge on any atom is -0.356 e. The highest BCUT2D eigenvalue weighted by Gasteiger charge is 2.32. The number of carbonyl (C=O) groups is 1. The van der Waals surface area contributed by atoms with Gasteiger partial charge in [-0.2, -0.15) is 4.98 Å². The highest BCUT2D eigenvalue weighted by molar-refractivity contribution is 6.07. The molecule has 0 saturated carbocycles. The third-order valence-electron chi connectivity index (χ3n) is 5.61. The van der Waals surface area contributed by atoms with Crippen molar-refractivity contribution in [2.24, 2.45) is 0 Å². The van der Waals surface area contributed by atoms with Crippen LogP contribution < -0.4 is 4.90 Å². The minimum atomic E-state index is -0.0950. The number of aromatic nitrogens is 3. The Hall–Kier alpha value is -2.96. The van der Waals surface area contributed by atoms with Gasteiger partial charge in [-0.05, 0) is 24.8 Å². The van der Waals surface area contributed by atoms with Crippen LogP contribution in [0.25, 0.3) is 11.1 Å². The highest BCUT2D eigenvalue weighted by atomic mass is 16.5. The Kier molecular flexibility index (Phi) is 3.99. The van der Waals surface area contributed by atoms with Crippen LogP contribution in [0.1, 0.15) is 41.2 Å². The Labute approximate surface area is 157 Å². The van der Waals surface area contributed by atoms with Gasteiger partial charge in [0, 0.05) is 32.1 Å². The smallest absolute Gasteiger partial charge is 0.276 e. The lowest BCUT2D eigenvalue weighted by Gasteiger charge is -2.18. The highest BCUT2D eigenvalue weighted by Crippen LogP contribution is 2.32. The fraction of sp³-hybridized carbons (Fsp3) is 0.400. The zero-order chi connectivity index (χ0) is 18.2. The quantitative estimate of drug-likeness (QED) is 0.712. The van der Waals surface area contributed by atoms with Gasteiger partial charge in [-0.1, -0.05) is 35.5 Å². The van der Waals surface area contributed by atoms with Crippen LogP contribution in [0.15, 0.2) is 41.2 Å². The summed E-state index contributed by atoms with van der Waals surface area (Å²) in [7, 11) is 0. The first-order valence-corrected chi connectivity index (χ1v) is 9.51. The van der Waals surface area contributed by atoms with Gasteiger partial charge < -0.3 is 14.3 Å². The van der Waals surface area contributed by atoms with Crippen molar-refractivity contribution in [3.63, 3.8) is 0 Å². The molecule has 3 aromatic rings. The van der Waals surface area contributed by atoms with E-state index in [1.54, 1.807) is 0 Å². The van der Waals surface area contributed by atoms with Crippen molar-refractivity contribution in [3.8, 4) is 0 Å². The molecule has 0 spiro atoms. The van der Waals surface area contributed by atoms with Gasteiger partial charge in [0.2, 0.25) is 0 Å². The van der Waals surface area contributed by atoms with Gasteiger partial charge in [0.1, 0.15) is 17.5 Å². The van der Waals surface area contributed by atoms with E-state index in [9.17, 15) is 4.79 Å². The van der Waals surface area contributed by atoms with E-state index in [1.165, 1.54) is 11.9 Å². The van der Waals surface area contributed by atoms with Crippen LogP contribution in [0.3, 0.4) is 0 Å². The number of anilines is 1. The van der Waals surface area contributed by atoms with Crippen molar-refractivity contribution in [2.45, 2.75) is 25.2 Å². The van der Waals surface area contributed by atoms with Crippen molar-refractivity contribution < 1.29 is 9.32 Å². The van der Waals surface area contributed by atoms with Gasteiger partial charge in [-0.3, -0.25) is 4.79 Å². The first-order chi connectivity index (χ1) is 13.3. The molecule has 27 heavy (non-hydrogen) atoms. The molecule has 2 fully saturated rings. The van der Waals surface area contributed by atoms with Gasteiger partial charge in [0.05, 0.1) is 0 Å². The van der Waals surface area contributed by atoms with Crippen LogP contribution in [0.5, 0.6) is 0 Å². The van der Waals surface area contributed by atoms with E-state index in [2.05, 4.69) is 32.2 Å². The first kappa shape index (κ1) is 16.2. The molecular weight excluding hydrogens is 342 g/mol. The van der Waals surface area contributed by atoms with Gasteiger partial charge in [0.15, 0.2) is 5.69 Å². The van der Waals surface area contributed by atoms with E-state index in [1.807, 2.05) is 23.1 Å². The molecule has 2 aliphatic rings. The molecule has 4 heterocycles. The van der Waals surface area contributed by atoms with Crippen molar-refractivity contribution >= 4 is 22.8 Å². The van der Waals surface area contributed by atoms with E-state index >= 15 is 0 Å². The lowest BCUT2D eigenvalue weighted by Crippen LogP contribution is -2.29. The zero-order valence-corrected chi connectivity index (χ0v) is 15.0. The molecule has 0 bridgehead atoms. The summed E-state index contributed by atoms with van der Waals surface area (Å²) in [5.41, 5.74) is 1.99. The molecule has 1 unspecified atom stereocenters. The third kappa shape index (κ3) is 2.83. The van der Waals surface area contributed by atoms with E-state index in [0.717, 1.165) is 44.7 Å². The summed E-state index contributed by atoms with van der Waals surface area (Å²) in [4.78, 5) is 25.9. The fourth-order valence-corrected chi connectivity index (χ4v) is 4.18. The summed E-state index contributed by atoms with van der Waals surface area (Å²) in [6, 6.07) is 10.4. The van der Waals surface area contributed by atoms with Crippen molar-refractivity contribution in [2.75, 3.05) is 31.1 Å². The Morgan fingerprint density at radius 2 is 1.89 bits per heavy atom. The monoisotopic (exact) mass is 363 g/mol. The van der Waals surface area contributed by atoms with Gasteiger partial charge in [-0.25, -0.2) is 4.98 Å². The summed E-state index contributed by atoms with van der Waals surface area (Å²) >= 11 is 0. The average Bonchev–Trinajstić information content (AvgIpc) is 3.48. The largest absolute Gasteiger partial charge is 0.356 e. The molecule has 138 valence electrons. The van der Waals surface area contributed by atoms with E-state index in [-0.39, 0.29) is 5.91 Å². The topological polar surface area (TPSA) is 75.4 Å². The maximum atomic E-state index is 13.2. The number of hydrogen-bond donors (Lipinski definition) is 0. The number of nitrogens with zero attached hydrogens (tertiary/aromatic N) is 5. The Balaban J connectivity index is 1.45. The minimum absolute atomic E-state index is 0.0950. The second-order valence-electron chi connectivity index (χ2n) is 7.25. The first-order valence-electron chi connectivity index (χ1n) is 9.51. The predicted molar refractivity (Wildman–Crippen MR) is 101 cm³/mol. The van der Waals surface area contributed by atoms with Gasteiger partial charge >= 0.3 is 0 Å². The average molecular weight is 363 g/mol. The molecule has 0 radical (unpaired) electrons. The third-order valence-corrected chi connectivity index (χ3v) is 5.61. The van der Waals surface area contributed by atoms with E-state index in [4.69, 9.17) is 4.52 Å². The maximum absolute atomic E-state index is 13.2. The maximum Gasteiger partial charge on any atom is 0.276 e. The Morgan fingerprint density at radius 1 is 1.07 bits per heavy atom. The SMILES string of the molecule is O=C(c1noc2ncnc(N3CCCC3)c12)N1CCC(c2ccccc2)C1. The zero-order valence-electron chi connectivity index (χ0n) is 15.0. The second kappa shape index (κ2) is 6.64. The molecule has 1 amide bonds. The number of likely N-dealkylation sites (tertiary alicyclic amines) is 1. The number of benzene rings is 1. The molecule has 1 aromatic carbocycles. The normalized spacial score (nSPS) is 19.9. The molecule has 5 rings (SSSR count). The molecule has 2 saturated heterocycles. The number of hydrogen-bond acceptors (Lipinski definition) is 6. The lowest BCUT2D eigenvalue weighted by atomic mass is 9.99. The van der Waals surface area contributed by atoms with E-state index in [0.29, 0.717) is 29.3 Å². The van der Waals surface area contributed by atoms with Crippen molar-refractivity contribution in [1.29, 1.82) is 0 Å². The van der Waals surface area contributed by atoms with Crippen LogP contribution in [-0.2, 0) is 0 Å². The van der Waals surface area contributed by atoms with Crippen LogP contribution in [0, 0.1) is 0 Å². The molecule has 0 N–H and O–H groups in total. The molecule has 7 nitrogen and oxygen atoms in total. The van der Waals surface area contributed by atoms with Crippen LogP contribution in [-0.4, -0.2) is 52.1 Å². The molecule has 1 atom stereocenters. The van der Waals surface area contributed by atoms with Crippen molar-refractivity contribution in [1.82, 2.24) is 20.0 Å². The second-order valence-corrected chi connectivity index (χ2v) is 7.25. The molecule has 2 aromatic heterocycles. The lowest BCUT2D eigenvalue weighted by molar-refractivity contribution is 0.0782. The fourth-order valence-electron chi connectivity index (χ4n) is 4.18. The summed E-state index contributed by atoms with van der Waals surface area (Å²) in [5.74, 6) is 1.03. The number of rotatable bonds is 3. The predicted octanol–water partition coefficient (Wildman–Crippen LogP) is 2.85. The van der Waals surface area contributed by atoms with Crippen LogP contribution in [0.2, 0.25) is 0 Å². The number of fused-ring (bicyclic) bond motifs is 1. The summed E-state index contributed by atoms with van der Waals surface area (Å²) < 4.78 is 5.37. The molecule has 0 aliphatic carbocycles. The van der Waals surface area contributed by atoms with Crippen LogP contribution >= 0.6 is 0 Å². The number of carbonyl (C=O) groups excluding carboxylic acids is 1. The number of amides is 1. The Bertz CT molecular complexity index is 965. The Morgan fingerprint density at radius 3 is 2.70 bits per heavy atom. The standard InChI is InChI=1S/C20H21N5O2/c26-20(25-11-8-15(12-25)14-6-2-1-3-7-14)17-16-18(24-9-4-5-10-24)21-13-22-19(16)27-23-17/h1-3,6-7,13,15H,4-5,8-12H2. The summed E-state index contributed by atoms with van der Waals surface area (Å²) in [5, 5.41) is 4.72. The van der Waals surface area contributed by atoms with E-state index < -0.39 is 0 Å². The van der Waals surface area contributed by atoms with Crippen molar-refractivity contribution in [3.05, 3.63) is 47.9 Å². The molecule has 2 aliphatic heterocycles. The summed E-state index contributed by atoms with van der Waals surface area (Å²) in [6.45, 7) is 3.29. The van der Waals surface area contributed by atoms with Gasteiger partial charge in [0.25, 0.3) is 11.6 Å².